The minimum atomic E-state index is -3.46. The van der Waals surface area contributed by atoms with E-state index in [-0.39, 0.29) is 0 Å². The molecule has 0 spiro atoms. The summed E-state index contributed by atoms with van der Waals surface area (Å²) in [6.07, 6.45) is 5.68. The van der Waals surface area contributed by atoms with Crippen LogP contribution in [0.4, 0.5) is 5.13 Å². The van der Waals surface area contributed by atoms with Gasteiger partial charge in [-0.05, 0) is 48.7 Å². The molecule has 1 N–H and O–H groups in total. The molecule has 1 aliphatic heterocycles. The van der Waals surface area contributed by atoms with Gasteiger partial charge in [-0.1, -0.05) is 25.0 Å². The molecule has 1 fully saturated rings. The van der Waals surface area contributed by atoms with Crippen LogP contribution in [0.2, 0.25) is 0 Å². The maximum Gasteiger partial charge on any atom is 0.243 e. The van der Waals surface area contributed by atoms with Crippen molar-refractivity contribution in [2.24, 2.45) is 5.10 Å². The molecule has 0 atom stereocenters. The standard InChI is InChI=1S/C24H28N4O4S2/c1-31-22-12-7-18(15-23(22)32-2)16-25-27-24-26-21(17-33-24)19-8-10-20(11-9-19)34(29,30)28-13-5-3-4-6-14-28/h7-12,15-17H,3-6,13-14H2,1-2H3,(H,26,27)/b25-16+. The molecule has 0 amide bonds. The van der Waals surface area contributed by atoms with Gasteiger partial charge in [-0.25, -0.2) is 13.4 Å². The van der Waals surface area contributed by atoms with Gasteiger partial charge in [0.15, 0.2) is 11.5 Å². The van der Waals surface area contributed by atoms with Gasteiger partial charge in [-0.15, -0.1) is 11.3 Å². The Morgan fingerprint density at radius 1 is 1.00 bits per heavy atom. The number of sulfonamides is 1. The number of methoxy groups -OCH3 is 2. The molecule has 1 aliphatic rings. The summed E-state index contributed by atoms with van der Waals surface area (Å²) in [5.41, 5.74) is 5.39. The van der Waals surface area contributed by atoms with Crippen LogP contribution in [-0.2, 0) is 10.0 Å². The molecule has 0 saturated carbocycles. The van der Waals surface area contributed by atoms with Crippen LogP contribution < -0.4 is 14.9 Å². The van der Waals surface area contributed by atoms with Crippen molar-refractivity contribution in [1.82, 2.24) is 9.29 Å². The van der Waals surface area contributed by atoms with Gasteiger partial charge in [0.25, 0.3) is 0 Å². The van der Waals surface area contributed by atoms with Crippen molar-refractivity contribution < 1.29 is 17.9 Å². The number of hydrogen-bond donors (Lipinski definition) is 1. The number of rotatable bonds is 8. The Morgan fingerprint density at radius 3 is 2.38 bits per heavy atom. The number of nitrogens with one attached hydrogen (secondary N) is 1. The van der Waals surface area contributed by atoms with Crippen LogP contribution in [0.5, 0.6) is 11.5 Å². The van der Waals surface area contributed by atoms with E-state index in [4.69, 9.17) is 9.47 Å². The van der Waals surface area contributed by atoms with Crippen molar-refractivity contribution in [1.29, 1.82) is 0 Å². The first-order valence-electron chi connectivity index (χ1n) is 11.1. The van der Waals surface area contributed by atoms with Crippen molar-refractivity contribution >= 4 is 32.7 Å². The number of thiazole rings is 1. The third kappa shape index (κ3) is 5.57. The lowest BCUT2D eigenvalue weighted by Gasteiger charge is -2.19. The number of anilines is 1. The van der Waals surface area contributed by atoms with Gasteiger partial charge in [0.1, 0.15) is 0 Å². The third-order valence-electron chi connectivity index (χ3n) is 5.64. The van der Waals surface area contributed by atoms with Crippen LogP contribution >= 0.6 is 11.3 Å². The largest absolute Gasteiger partial charge is 0.493 e. The second-order valence-electron chi connectivity index (χ2n) is 7.86. The average molecular weight is 501 g/mol. The van der Waals surface area contributed by atoms with Crippen LogP contribution in [-0.4, -0.2) is 51.2 Å². The lowest BCUT2D eigenvalue weighted by atomic mass is 10.2. The zero-order chi connectivity index (χ0) is 24.0. The molecule has 0 radical (unpaired) electrons. The zero-order valence-electron chi connectivity index (χ0n) is 19.2. The number of ether oxygens (including phenoxy) is 2. The highest BCUT2D eigenvalue weighted by atomic mass is 32.2. The third-order valence-corrected chi connectivity index (χ3v) is 8.30. The molecule has 2 aromatic carbocycles. The van der Waals surface area contributed by atoms with Crippen molar-refractivity contribution in [3.8, 4) is 22.8 Å². The quantitative estimate of drug-likeness (QED) is 0.352. The molecule has 0 unspecified atom stereocenters. The van der Waals surface area contributed by atoms with E-state index >= 15 is 0 Å². The number of hydrazone groups is 1. The van der Waals surface area contributed by atoms with Gasteiger partial charge in [0.2, 0.25) is 15.2 Å². The summed E-state index contributed by atoms with van der Waals surface area (Å²) in [5, 5.41) is 6.79. The van der Waals surface area contributed by atoms with Gasteiger partial charge in [-0.3, -0.25) is 5.43 Å². The fourth-order valence-electron chi connectivity index (χ4n) is 3.78. The van der Waals surface area contributed by atoms with E-state index in [1.807, 2.05) is 23.6 Å². The smallest absolute Gasteiger partial charge is 0.243 e. The number of aromatic nitrogens is 1. The second-order valence-corrected chi connectivity index (χ2v) is 10.7. The highest BCUT2D eigenvalue weighted by Crippen LogP contribution is 2.28. The minimum Gasteiger partial charge on any atom is -0.493 e. The van der Waals surface area contributed by atoms with E-state index in [1.165, 1.54) is 11.3 Å². The first-order valence-corrected chi connectivity index (χ1v) is 13.4. The molecule has 0 bridgehead atoms. The monoisotopic (exact) mass is 500 g/mol. The molecular formula is C24H28N4O4S2. The number of benzene rings is 2. The van der Waals surface area contributed by atoms with Crippen LogP contribution in [0.15, 0.2) is 57.8 Å². The number of hydrogen-bond acceptors (Lipinski definition) is 8. The summed E-state index contributed by atoms with van der Waals surface area (Å²) in [7, 11) is -0.279. The lowest BCUT2D eigenvalue weighted by molar-refractivity contribution is 0.355. The molecule has 3 aromatic rings. The van der Waals surface area contributed by atoms with Crippen molar-refractivity contribution in [3.63, 3.8) is 0 Å². The summed E-state index contributed by atoms with van der Waals surface area (Å²) >= 11 is 1.42. The molecule has 180 valence electrons. The van der Waals surface area contributed by atoms with E-state index in [0.717, 1.165) is 42.5 Å². The predicted molar refractivity (Wildman–Crippen MR) is 136 cm³/mol. The van der Waals surface area contributed by atoms with Gasteiger partial charge in [-0.2, -0.15) is 9.41 Å². The SMILES string of the molecule is COc1ccc(/C=N/Nc2nc(-c3ccc(S(=O)(=O)N4CCCCCC4)cc3)cs2)cc1OC. The Kier molecular flexibility index (Phi) is 7.81. The predicted octanol–water partition coefficient (Wildman–Crippen LogP) is 4.84. The molecule has 4 rings (SSSR count). The lowest BCUT2D eigenvalue weighted by Crippen LogP contribution is -2.31. The first kappa shape index (κ1) is 24.2. The van der Waals surface area contributed by atoms with E-state index < -0.39 is 10.0 Å². The summed E-state index contributed by atoms with van der Waals surface area (Å²) < 4.78 is 38.1. The Hall–Kier alpha value is -2.95. The van der Waals surface area contributed by atoms with E-state index in [9.17, 15) is 8.42 Å². The Morgan fingerprint density at radius 2 is 1.71 bits per heavy atom. The summed E-state index contributed by atoms with van der Waals surface area (Å²) in [6.45, 7) is 1.18. The van der Waals surface area contributed by atoms with Crippen molar-refractivity contribution in [2.45, 2.75) is 30.6 Å². The van der Waals surface area contributed by atoms with E-state index in [1.54, 1.807) is 49.0 Å². The maximum atomic E-state index is 13.0. The topological polar surface area (TPSA) is 93.1 Å². The Balaban J connectivity index is 1.41. The van der Waals surface area contributed by atoms with E-state index in [0.29, 0.717) is 34.6 Å². The van der Waals surface area contributed by atoms with Crippen molar-refractivity contribution in [3.05, 3.63) is 53.4 Å². The highest BCUT2D eigenvalue weighted by Gasteiger charge is 2.25. The van der Waals surface area contributed by atoms with Crippen LogP contribution in [0.1, 0.15) is 31.2 Å². The maximum absolute atomic E-state index is 13.0. The zero-order valence-corrected chi connectivity index (χ0v) is 20.9. The van der Waals surface area contributed by atoms with Gasteiger partial charge in [0, 0.05) is 24.0 Å². The molecule has 1 aromatic heterocycles. The van der Waals surface area contributed by atoms with Gasteiger partial charge >= 0.3 is 0 Å². The minimum absolute atomic E-state index is 0.325. The van der Waals surface area contributed by atoms with Gasteiger partial charge in [0.05, 0.1) is 31.0 Å². The highest BCUT2D eigenvalue weighted by molar-refractivity contribution is 7.89. The van der Waals surface area contributed by atoms with Crippen LogP contribution in [0.25, 0.3) is 11.3 Å². The summed E-state index contributed by atoms with van der Waals surface area (Å²) in [4.78, 5) is 4.88. The van der Waals surface area contributed by atoms with E-state index in [2.05, 4.69) is 15.5 Å². The summed E-state index contributed by atoms with van der Waals surface area (Å²) in [5.74, 6) is 1.28. The fraction of sp³-hybridized carbons (Fsp3) is 0.333. The second kappa shape index (κ2) is 11.0. The van der Waals surface area contributed by atoms with Crippen molar-refractivity contribution in [2.75, 3.05) is 32.7 Å². The summed E-state index contributed by atoms with van der Waals surface area (Å²) in [6, 6.07) is 12.5. The molecule has 34 heavy (non-hydrogen) atoms. The molecular weight excluding hydrogens is 472 g/mol. The Bertz CT molecular complexity index is 1230. The molecule has 1 saturated heterocycles. The molecule has 0 aliphatic carbocycles. The average Bonchev–Trinajstić information content (AvgIpc) is 3.15. The van der Waals surface area contributed by atoms with Crippen LogP contribution in [0, 0.1) is 0 Å². The molecule has 10 heteroatoms. The number of nitrogens with zero attached hydrogens (tertiary/aromatic N) is 3. The Labute approximate surface area is 204 Å². The molecule has 8 nitrogen and oxygen atoms in total. The van der Waals surface area contributed by atoms with Gasteiger partial charge < -0.3 is 9.47 Å². The normalized spacial score (nSPS) is 15.2. The fourth-order valence-corrected chi connectivity index (χ4v) is 5.97. The molecule has 2 heterocycles. The van der Waals surface area contributed by atoms with Crippen LogP contribution in [0.3, 0.4) is 0 Å². The first-order chi connectivity index (χ1) is 16.5.